The van der Waals surface area contributed by atoms with E-state index in [1.165, 1.54) is 0 Å². The maximum Gasteiger partial charge on any atom is 0.204 e. The summed E-state index contributed by atoms with van der Waals surface area (Å²) in [6.07, 6.45) is 1.76. The zero-order valence-electron chi connectivity index (χ0n) is 8.66. The molecule has 0 aliphatic carbocycles. The first kappa shape index (κ1) is 11.1. The lowest BCUT2D eigenvalue weighted by Gasteiger charge is -2.15. The highest BCUT2D eigenvalue weighted by atomic mass is 28.2. The Kier molecular flexibility index (Phi) is 3.99. The summed E-state index contributed by atoms with van der Waals surface area (Å²) < 4.78 is 16.1. The molecule has 0 unspecified atom stereocenters. The van der Waals surface area contributed by atoms with E-state index in [0.29, 0.717) is 31.5 Å². The van der Waals surface area contributed by atoms with Crippen molar-refractivity contribution in [3.8, 4) is 17.2 Å². The van der Waals surface area contributed by atoms with Crippen molar-refractivity contribution in [1.29, 1.82) is 0 Å². The summed E-state index contributed by atoms with van der Waals surface area (Å²) in [6.45, 7) is 3.73. The third kappa shape index (κ3) is 1.91. The summed E-state index contributed by atoms with van der Waals surface area (Å²) in [5, 5.41) is 0. The summed E-state index contributed by atoms with van der Waals surface area (Å²) in [5.74, 6) is 2.25. The van der Waals surface area contributed by atoms with Crippen molar-refractivity contribution < 1.29 is 13.3 Å². The van der Waals surface area contributed by atoms with E-state index >= 15 is 0 Å². The summed E-state index contributed by atoms with van der Waals surface area (Å²) >= 11 is 0. The van der Waals surface area contributed by atoms with Gasteiger partial charge in [-0.15, -0.1) is 0 Å². The number of hydrogen-bond donors (Lipinski definition) is 0. The Labute approximate surface area is 92.7 Å². The molecule has 0 aliphatic rings. The third-order valence-corrected chi connectivity index (χ3v) is 3.21. The van der Waals surface area contributed by atoms with Crippen LogP contribution in [0.2, 0.25) is 0 Å². The van der Waals surface area contributed by atoms with E-state index in [0.717, 1.165) is 22.8 Å². The normalized spacial score (nSPS) is 10.0. The fraction of sp³-hybridized carbons (Fsp3) is 0. The largest absolute Gasteiger partial charge is 0.551 e. The van der Waals surface area contributed by atoms with Crippen molar-refractivity contribution in [2.45, 2.75) is 0 Å². The Bertz CT molecular complexity index is 341. The molecule has 0 radical (unpaired) electrons. The fourth-order valence-electron chi connectivity index (χ4n) is 1.29. The average Bonchev–Trinajstić information content (AvgIpc) is 2.26. The molecule has 1 rings (SSSR count). The van der Waals surface area contributed by atoms with E-state index in [2.05, 4.69) is 6.58 Å². The first-order valence-electron chi connectivity index (χ1n) is 4.19. The first-order chi connectivity index (χ1) is 6.78. The molecule has 0 saturated carbocycles. The minimum atomic E-state index is 0.620. The molecule has 0 fully saturated rings. The van der Waals surface area contributed by atoms with Crippen LogP contribution in [0.5, 0.6) is 17.2 Å². The lowest BCUT2D eigenvalue weighted by atomic mass is 10.2. The Morgan fingerprint density at radius 1 is 1.00 bits per heavy atom. The van der Waals surface area contributed by atoms with Gasteiger partial charge in [-0.05, 0) is 12.1 Å². The quantitative estimate of drug-likeness (QED) is 0.590. The van der Waals surface area contributed by atoms with Crippen molar-refractivity contribution in [3.05, 3.63) is 24.3 Å². The predicted molar refractivity (Wildman–Crippen MR) is 68.2 cm³/mol. The van der Waals surface area contributed by atoms with Gasteiger partial charge in [0.25, 0.3) is 0 Å². The second kappa shape index (κ2) is 5.03. The topological polar surface area (TPSA) is 27.7 Å². The van der Waals surface area contributed by atoms with Gasteiger partial charge >= 0.3 is 0 Å². The van der Waals surface area contributed by atoms with Crippen LogP contribution in [0.4, 0.5) is 0 Å². The molecular formula is C8H14O3Si3. The van der Waals surface area contributed by atoms with Crippen LogP contribution < -0.4 is 13.3 Å². The average molecular weight is 242 g/mol. The highest BCUT2D eigenvalue weighted by Gasteiger charge is 2.11. The lowest BCUT2D eigenvalue weighted by Crippen LogP contribution is -1.98. The molecule has 0 bridgehead atoms. The molecular weight excluding hydrogens is 228 g/mol. The lowest BCUT2D eigenvalue weighted by molar-refractivity contribution is 0.503. The second-order valence-electron chi connectivity index (χ2n) is 2.63. The fourth-order valence-corrected chi connectivity index (χ4v) is 2.41. The third-order valence-electron chi connectivity index (χ3n) is 1.95. The highest BCUT2D eigenvalue weighted by Crippen LogP contribution is 2.39. The molecule has 0 aliphatic heterocycles. The van der Waals surface area contributed by atoms with Gasteiger partial charge in [-0.25, -0.2) is 0 Å². The van der Waals surface area contributed by atoms with E-state index in [1.807, 2.05) is 12.1 Å². The molecule has 3 nitrogen and oxygen atoms in total. The van der Waals surface area contributed by atoms with E-state index in [1.54, 1.807) is 6.08 Å². The number of rotatable bonds is 4. The molecule has 0 N–H and O–H groups in total. The molecule has 0 spiro atoms. The van der Waals surface area contributed by atoms with Crippen molar-refractivity contribution >= 4 is 37.5 Å². The van der Waals surface area contributed by atoms with Crippen LogP contribution in [0.1, 0.15) is 5.56 Å². The van der Waals surface area contributed by atoms with E-state index in [4.69, 9.17) is 13.3 Å². The highest BCUT2D eigenvalue weighted by molar-refractivity contribution is 6.04. The van der Waals surface area contributed by atoms with Gasteiger partial charge in [-0.2, -0.15) is 0 Å². The van der Waals surface area contributed by atoms with Crippen LogP contribution in [0.3, 0.4) is 0 Å². The van der Waals surface area contributed by atoms with Crippen LogP contribution in [-0.4, -0.2) is 31.5 Å². The minimum Gasteiger partial charge on any atom is -0.551 e. The molecule has 1 aromatic rings. The Morgan fingerprint density at radius 2 is 1.64 bits per heavy atom. The van der Waals surface area contributed by atoms with Crippen molar-refractivity contribution in [2.75, 3.05) is 0 Å². The Balaban J connectivity index is 3.35. The van der Waals surface area contributed by atoms with Crippen LogP contribution in [-0.2, 0) is 0 Å². The maximum atomic E-state index is 5.40. The monoisotopic (exact) mass is 242 g/mol. The summed E-state index contributed by atoms with van der Waals surface area (Å²) in [6, 6.07) is 3.82. The SMILES string of the molecule is C=Cc1ccc(O[SiH3])c(O[SiH3])c1O[SiH3]. The molecule has 76 valence electrons. The molecule has 1 aromatic carbocycles. The molecule has 0 heterocycles. The van der Waals surface area contributed by atoms with E-state index in [9.17, 15) is 0 Å². The number of hydrogen-bond acceptors (Lipinski definition) is 3. The van der Waals surface area contributed by atoms with Crippen LogP contribution in [0.15, 0.2) is 18.7 Å². The zero-order chi connectivity index (χ0) is 10.6. The van der Waals surface area contributed by atoms with Gasteiger partial charge in [-0.3, -0.25) is 0 Å². The maximum absolute atomic E-state index is 5.40. The van der Waals surface area contributed by atoms with Crippen LogP contribution in [0, 0.1) is 0 Å². The van der Waals surface area contributed by atoms with Crippen molar-refractivity contribution in [3.63, 3.8) is 0 Å². The smallest absolute Gasteiger partial charge is 0.204 e. The van der Waals surface area contributed by atoms with Gasteiger partial charge in [0.2, 0.25) is 31.5 Å². The van der Waals surface area contributed by atoms with Gasteiger partial charge in [0, 0.05) is 5.56 Å². The Morgan fingerprint density at radius 3 is 2.07 bits per heavy atom. The van der Waals surface area contributed by atoms with Gasteiger partial charge in [0.05, 0.1) is 0 Å². The van der Waals surface area contributed by atoms with Gasteiger partial charge in [0.15, 0.2) is 11.5 Å². The van der Waals surface area contributed by atoms with Crippen LogP contribution in [0.25, 0.3) is 6.08 Å². The molecule has 0 atom stereocenters. The molecule has 0 saturated heterocycles. The molecule has 6 heteroatoms. The minimum absolute atomic E-state index is 0.620. The second-order valence-corrected chi connectivity index (χ2v) is 3.85. The Hall–Kier alpha value is -0.989. The summed E-state index contributed by atoms with van der Waals surface area (Å²) in [5.41, 5.74) is 0.952. The summed E-state index contributed by atoms with van der Waals surface area (Å²) in [4.78, 5) is 0. The van der Waals surface area contributed by atoms with Gasteiger partial charge in [0.1, 0.15) is 5.75 Å². The number of benzene rings is 1. The molecule has 0 aromatic heterocycles. The first-order valence-corrected chi connectivity index (χ1v) is 6.64. The van der Waals surface area contributed by atoms with Crippen molar-refractivity contribution in [1.82, 2.24) is 0 Å². The van der Waals surface area contributed by atoms with Crippen LogP contribution >= 0.6 is 0 Å². The van der Waals surface area contributed by atoms with E-state index < -0.39 is 0 Å². The molecule has 0 amide bonds. The van der Waals surface area contributed by atoms with Gasteiger partial charge in [-0.1, -0.05) is 12.7 Å². The van der Waals surface area contributed by atoms with E-state index in [-0.39, 0.29) is 0 Å². The zero-order valence-corrected chi connectivity index (χ0v) is 14.7. The predicted octanol–water partition coefficient (Wildman–Crippen LogP) is -1.69. The van der Waals surface area contributed by atoms with Crippen molar-refractivity contribution in [2.24, 2.45) is 0 Å². The molecule has 14 heavy (non-hydrogen) atoms. The summed E-state index contributed by atoms with van der Waals surface area (Å²) in [7, 11) is 1.89. The van der Waals surface area contributed by atoms with Gasteiger partial charge < -0.3 is 13.3 Å². The standard InChI is InChI=1S/C8H14O3Si3/c1-2-5-3-4-6(9-12)8(11-14)7(5)10-13/h2-4H,1H2,12-14H3.